The summed E-state index contributed by atoms with van der Waals surface area (Å²) in [5, 5.41) is 5.86. The molecule has 4 heteroatoms. The molecule has 0 saturated carbocycles. The number of hydrogen-bond acceptors (Lipinski definition) is 2. The molecule has 0 unspecified atom stereocenters. The number of para-hydroxylation sites is 1. The maximum atomic E-state index is 12.5. The van der Waals surface area contributed by atoms with Crippen LogP contribution in [0.4, 0.5) is 16.2 Å². The number of hydrogen-bond donors (Lipinski definition) is 2. The molecule has 0 heterocycles. The van der Waals surface area contributed by atoms with E-state index in [0.717, 1.165) is 32.3 Å². The zero-order chi connectivity index (χ0) is 19.9. The van der Waals surface area contributed by atoms with Gasteiger partial charge in [-0.2, -0.15) is 0 Å². The molecule has 4 aromatic rings. The standard InChI is InChI=1S/C25H20N2OS/c28-25(26-21-17-15-20(16-18-21)19-9-3-1-4-10-19)27-23-13-7-8-14-24(23)29-22-11-5-2-6-12-22/h1-18H,(H2,26,27,28). The molecule has 4 aromatic carbocycles. The number of urea groups is 1. The first-order valence-corrected chi connectivity index (χ1v) is 10.1. The van der Waals surface area contributed by atoms with Crippen LogP contribution < -0.4 is 10.6 Å². The Morgan fingerprint density at radius 1 is 0.586 bits per heavy atom. The van der Waals surface area contributed by atoms with Gasteiger partial charge < -0.3 is 10.6 Å². The van der Waals surface area contributed by atoms with Gasteiger partial charge in [-0.15, -0.1) is 0 Å². The molecule has 0 aliphatic heterocycles. The number of carbonyl (C=O) groups is 1. The first kappa shape index (κ1) is 18.8. The number of anilines is 2. The third kappa shape index (κ3) is 5.06. The summed E-state index contributed by atoms with van der Waals surface area (Å²) in [6.07, 6.45) is 0. The van der Waals surface area contributed by atoms with E-state index in [4.69, 9.17) is 0 Å². The minimum atomic E-state index is -0.265. The summed E-state index contributed by atoms with van der Waals surface area (Å²) in [6.45, 7) is 0. The zero-order valence-electron chi connectivity index (χ0n) is 15.7. The molecule has 142 valence electrons. The first-order valence-electron chi connectivity index (χ1n) is 9.33. The molecule has 0 fully saturated rings. The summed E-state index contributed by atoms with van der Waals surface area (Å²) in [5.41, 5.74) is 3.78. The lowest BCUT2D eigenvalue weighted by atomic mass is 10.1. The van der Waals surface area contributed by atoms with Crippen molar-refractivity contribution in [3.05, 3.63) is 109 Å². The molecular formula is C25H20N2OS. The molecule has 3 nitrogen and oxygen atoms in total. The van der Waals surface area contributed by atoms with Crippen molar-refractivity contribution in [1.29, 1.82) is 0 Å². The molecule has 29 heavy (non-hydrogen) atoms. The van der Waals surface area contributed by atoms with Crippen LogP contribution in [0.1, 0.15) is 0 Å². The van der Waals surface area contributed by atoms with Gasteiger partial charge in [0.1, 0.15) is 0 Å². The number of carbonyl (C=O) groups excluding carboxylic acids is 1. The van der Waals surface area contributed by atoms with Crippen LogP contribution in [0.3, 0.4) is 0 Å². The molecule has 2 N–H and O–H groups in total. The highest BCUT2D eigenvalue weighted by Gasteiger charge is 2.08. The van der Waals surface area contributed by atoms with Crippen molar-refractivity contribution in [2.45, 2.75) is 9.79 Å². The largest absolute Gasteiger partial charge is 0.323 e. The Balaban J connectivity index is 1.42. The Bertz CT molecular complexity index is 1080. The van der Waals surface area contributed by atoms with Crippen LogP contribution in [0.2, 0.25) is 0 Å². The van der Waals surface area contributed by atoms with Crippen LogP contribution in [0, 0.1) is 0 Å². The average molecular weight is 397 g/mol. The first-order chi connectivity index (χ1) is 14.3. The SMILES string of the molecule is O=C(Nc1ccc(-c2ccccc2)cc1)Nc1ccccc1Sc1ccccc1. The van der Waals surface area contributed by atoms with Gasteiger partial charge in [0, 0.05) is 15.5 Å². The van der Waals surface area contributed by atoms with Crippen molar-refractivity contribution in [2.75, 3.05) is 10.6 Å². The quantitative estimate of drug-likeness (QED) is 0.376. The monoisotopic (exact) mass is 396 g/mol. The fourth-order valence-corrected chi connectivity index (χ4v) is 3.86. The summed E-state index contributed by atoms with van der Waals surface area (Å²) in [6, 6.07) is 35.6. The van der Waals surface area contributed by atoms with Crippen molar-refractivity contribution in [2.24, 2.45) is 0 Å². The summed E-state index contributed by atoms with van der Waals surface area (Å²) in [4.78, 5) is 14.6. The fourth-order valence-electron chi connectivity index (χ4n) is 2.94. The van der Waals surface area contributed by atoms with Gasteiger partial charge in [-0.05, 0) is 47.5 Å². The van der Waals surface area contributed by atoms with Crippen molar-refractivity contribution in [3.8, 4) is 11.1 Å². The highest BCUT2D eigenvalue weighted by molar-refractivity contribution is 7.99. The maximum absolute atomic E-state index is 12.5. The lowest BCUT2D eigenvalue weighted by Crippen LogP contribution is -2.19. The van der Waals surface area contributed by atoms with Gasteiger partial charge in [0.25, 0.3) is 0 Å². The van der Waals surface area contributed by atoms with Crippen LogP contribution in [0.5, 0.6) is 0 Å². The van der Waals surface area contributed by atoms with E-state index in [2.05, 4.69) is 34.9 Å². The van der Waals surface area contributed by atoms with Crippen molar-refractivity contribution in [1.82, 2.24) is 0 Å². The smallest absolute Gasteiger partial charge is 0.308 e. The van der Waals surface area contributed by atoms with Crippen LogP contribution in [0.25, 0.3) is 11.1 Å². The number of amides is 2. The molecule has 0 spiro atoms. The summed E-state index contributed by atoms with van der Waals surface area (Å²) < 4.78 is 0. The highest BCUT2D eigenvalue weighted by Crippen LogP contribution is 2.33. The molecular weight excluding hydrogens is 376 g/mol. The fraction of sp³-hybridized carbons (Fsp3) is 0. The van der Waals surface area contributed by atoms with Gasteiger partial charge in [-0.1, -0.05) is 84.6 Å². The lowest BCUT2D eigenvalue weighted by Gasteiger charge is -2.12. The molecule has 0 saturated heterocycles. The molecule has 0 radical (unpaired) electrons. The van der Waals surface area contributed by atoms with Gasteiger partial charge in [0.15, 0.2) is 0 Å². The predicted molar refractivity (Wildman–Crippen MR) is 122 cm³/mol. The van der Waals surface area contributed by atoms with Gasteiger partial charge >= 0.3 is 6.03 Å². The Morgan fingerprint density at radius 2 is 1.17 bits per heavy atom. The van der Waals surface area contributed by atoms with Gasteiger partial charge in [0.2, 0.25) is 0 Å². The molecule has 0 aliphatic rings. The minimum absolute atomic E-state index is 0.265. The van der Waals surface area contributed by atoms with E-state index in [1.54, 1.807) is 11.8 Å². The van der Waals surface area contributed by atoms with E-state index in [0.29, 0.717) is 0 Å². The second kappa shape index (κ2) is 9.13. The number of rotatable bonds is 5. The van der Waals surface area contributed by atoms with Crippen LogP contribution in [-0.2, 0) is 0 Å². The Labute approximate surface area is 174 Å². The van der Waals surface area contributed by atoms with Gasteiger partial charge in [-0.3, -0.25) is 0 Å². The van der Waals surface area contributed by atoms with E-state index in [9.17, 15) is 4.79 Å². The maximum Gasteiger partial charge on any atom is 0.323 e. The summed E-state index contributed by atoms with van der Waals surface area (Å²) in [7, 11) is 0. The Morgan fingerprint density at radius 3 is 1.90 bits per heavy atom. The van der Waals surface area contributed by atoms with E-state index >= 15 is 0 Å². The van der Waals surface area contributed by atoms with E-state index < -0.39 is 0 Å². The second-order valence-electron chi connectivity index (χ2n) is 6.43. The van der Waals surface area contributed by atoms with Crippen molar-refractivity contribution < 1.29 is 4.79 Å². The number of nitrogens with one attached hydrogen (secondary N) is 2. The Kier molecular flexibility index (Phi) is 5.93. The molecule has 0 aliphatic carbocycles. The Hall–Kier alpha value is -3.50. The third-order valence-electron chi connectivity index (χ3n) is 4.36. The highest BCUT2D eigenvalue weighted by atomic mass is 32.2. The van der Waals surface area contributed by atoms with Gasteiger partial charge in [-0.25, -0.2) is 4.79 Å². The molecule has 0 atom stereocenters. The zero-order valence-corrected chi connectivity index (χ0v) is 16.5. The van der Waals surface area contributed by atoms with Crippen LogP contribution in [-0.4, -0.2) is 6.03 Å². The molecule has 4 rings (SSSR count). The second-order valence-corrected chi connectivity index (χ2v) is 7.55. The van der Waals surface area contributed by atoms with E-state index in [1.165, 1.54) is 0 Å². The normalized spacial score (nSPS) is 10.3. The topological polar surface area (TPSA) is 41.1 Å². The van der Waals surface area contributed by atoms with Crippen LogP contribution in [0.15, 0.2) is 119 Å². The third-order valence-corrected chi connectivity index (χ3v) is 5.44. The van der Waals surface area contributed by atoms with Crippen LogP contribution >= 0.6 is 11.8 Å². The average Bonchev–Trinajstić information content (AvgIpc) is 2.77. The summed E-state index contributed by atoms with van der Waals surface area (Å²) in [5.74, 6) is 0. The van der Waals surface area contributed by atoms with Gasteiger partial charge in [0.05, 0.1) is 5.69 Å². The number of benzene rings is 4. The lowest BCUT2D eigenvalue weighted by molar-refractivity contribution is 0.262. The van der Waals surface area contributed by atoms with Crippen molar-refractivity contribution in [3.63, 3.8) is 0 Å². The van der Waals surface area contributed by atoms with E-state index in [1.807, 2.05) is 84.9 Å². The minimum Gasteiger partial charge on any atom is -0.308 e. The predicted octanol–water partition coefficient (Wildman–Crippen LogP) is 7.15. The van der Waals surface area contributed by atoms with Crippen molar-refractivity contribution >= 4 is 29.2 Å². The molecule has 0 aromatic heterocycles. The molecule has 2 amide bonds. The molecule has 0 bridgehead atoms. The summed E-state index contributed by atoms with van der Waals surface area (Å²) >= 11 is 1.62. The van der Waals surface area contributed by atoms with E-state index in [-0.39, 0.29) is 6.03 Å².